The SMILES string of the molecule is CCN(C1CCN(C(C)c2ccccc2)C1)S(=O)(=O)Cc1cccc2cccnc12. The van der Waals surface area contributed by atoms with Gasteiger partial charge >= 0.3 is 0 Å². The second-order valence-corrected chi connectivity index (χ2v) is 9.90. The molecule has 0 aliphatic carbocycles. The fraction of sp³-hybridized carbons (Fsp3) is 0.375. The summed E-state index contributed by atoms with van der Waals surface area (Å²) in [7, 11) is -3.45. The van der Waals surface area contributed by atoms with Gasteiger partial charge in [-0.2, -0.15) is 4.31 Å². The first-order valence-electron chi connectivity index (χ1n) is 10.6. The number of sulfonamides is 1. The number of benzene rings is 2. The average molecular weight is 424 g/mol. The monoisotopic (exact) mass is 423 g/mol. The molecule has 1 aliphatic rings. The van der Waals surface area contributed by atoms with Crippen LogP contribution in [-0.4, -0.2) is 48.3 Å². The summed E-state index contributed by atoms with van der Waals surface area (Å²) < 4.78 is 28.5. The molecule has 2 heterocycles. The molecule has 0 radical (unpaired) electrons. The Balaban J connectivity index is 1.52. The molecule has 6 heteroatoms. The second kappa shape index (κ2) is 8.84. The van der Waals surface area contributed by atoms with Crippen molar-refractivity contribution in [2.24, 2.45) is 0 Å². The lowest BCUT2D eigenvalue weighted by Crippen LogP contribution is -2.42. The number of nitrogens with zero attached hydrogens (tertiary/aromatic N) is 3. The molecule has 2 atom stereocenters. The first-order valence-corrected chi connectivity index (χ1v) is 12.2. The summed E-state index contributed by atoms with van der Waals surface area (Å²) in [6.07, 6.45) is 2.58. The van der Waals surface area contributed by atoms with E-state index in [1.54, 1.807) is 10.5 Å². The van der Waals surface area contributed by atoms with Crippen molar-refractivity contribution in [1.82, 2.24) is 14.2 Å². The fourth-order valence-electron chi connectivity index (χ4n) is 4.54. The molecular formula is C24H29N3O2S. The molecule has 3 aromatic rings. The topological polar surface area (TPSA) is 53.5 Å². The Labute approximate surface area is 179 Å². The number of likely N-dealkylation sites (tertiary alicyclic amines) is 1. The minimum atomic E-state index is -3.45. The first-order chi connectivity index (χ1) is 14.5. The van der Waals surface area contributed by atoms with Gasteiger partial charge in [0.1, 0.15) is 0 Å². The van der Waals surface area contributed by atoms with Crippen molar-refractivity contribution in [2.75, 3.05) is 19.6 Å². The molecule has 5 nitrogen and oxygen atoms in total. The maximum absolute atomic E-state index is 13.4. The van der Waals surface area contributed by atoms with E-state index in [1.165, 1.54) is 5.56 Å². The van der Waals surface area contributed by atoms with Gasteiger partial charge in [0, 0.05) is 43.3 Å². The third-order valence-electron chi connectivity index (χ3n) is 6.15. The Bertz CT molecular complexity index is 1100. The molecule has 1 aliphatic heterocycles. The van der Waals surface area contributed by atoms with Crippen molar-refractivity contribution < 1.29 is 8.42 Å². The van der Waals surface area contributed by atoms with Gasteiger partial charge in [0.15, 0.2) is 0 Å². The van der Waals surface area contributed by atoms with Crippen LogP contribution >= 0.6 is 0 Å². The molecule has 0 spiro atoms. The second-order valence-electron chi connectivity index (χ2n) is 7.98. The van der Waals surface area contributed by atoms with Crippen LogP contribution in [0.4, 0.5) is 0 Å². The van der Waals surface area contributed by atoms with Gasteiger partial charge in [-0.15, -0.1) is 0 Å². The van der Waals surface area contributed by atoms with Gasteiger partial charge in [-0.05, 0) is 30.5 Å². The number of likely N-dealkylation sites (N-methyl/N-ethyl adjacent to an activating group) is 1. The maximum atomic E-state index is 13.4. The van der Waals surface area contributed by atoms with Crippen LogP contribution in [0.1, 0.15) is 37.4 Å². The van der Waals surface area contributed by atoms with Gasteiger partial charge in [0.25, 0.3) is 0 Å². The largest absolute Gasteiger partial charge is 0.295 e. The van der Waals surface area contributed by atoms with Gasteiger partial charge in [-0.1, -0.05) is 61.5 Å². The normalized spacial score (nSPS) is 18.8. The van der Waals surface area contributed by atoms with Crippen LogP contribution in [-0.2, 0) is 15.8 Å². The van der Waals surface area contributed by atoms with E-state index in [0.717, 1.165) is 36.0 Å². The zero-order chi connectivity index (χ0) is 21.1. The van der Waals surface area contributed by atoms with E-state index in [-0.39, 0.29) is 17.8 Å². The van der Waals surface area contributed by atoms with E-state index in [4.69, 9.17) is 0 Å². The van der Waals surface area contributed by atoms with Crippen LogP contribution in [0.2, 0.25) is 0 Å². The number of rotatable bonds is 7. The van der Waals surface area contributed by atoms with E-state index in [9.17, 15) is 8.42 Å². The van der Waals surface area contributed by atoms with Gasteiger partial charge in [-0.25, -0.2) is 8.42 Å². The van der Waals surface area contributed by atoms with Crippen LogP contribution in [0.3, 0.4) is 0 Å². The summed E-state index contributed by atoms with van der Waals surface area (Å²) >= 11 is 0. The Kier molecular flexibility index (Phi) is 6.18. The highest BCUT2D eigenvalue weighted by molar-refractivity contribution is 7.88. The summed E-state index contributed by atoms with van der Waals surface area (Å²) in [5.74, 6) is -0.0140. The number of hydrogen-bond acceptors (Lipinski definition) is 4. The lowest BCUT2D eigenvalue weighted by molar-refractivity contribution is 0.239. The van der Waals surface area contributed by atoms with Gasteiger partial charge in [-0.3, -0.25) is 9.88 Å². The molecule has 1 saturated heterocycles. The van der Waals surface area contributed by atoms with E-state index in [1.807, 2.05) is 43.3 Å². The molecule has 0 amide bonds. The zero-order valence-electron chi connectivity index (χ0n) is 17.6. The smallest absolute Gasteiger partial charge is 0.218 e. The Morgan fingerprint density at radius 1 is 1.10 bits per heavy atom. The predicted molar refractivity (Wildman–Crippen MR) is 122 cm³/mol. The van der Waals surface area contributed by atoms with Crippen molar-refractivity contribution in [3.05, 3.63) is 78.0 Å². The Hall–Kier alpha value is -2.28. The Morgan fingerprint density at radius 3 is 2.63 bits per heavy atom. The summed E-state index contributed by atoms with van der Waals surface area (Å²) in [5.41, 5.74) is 2.80. The summed E-state index contributed by atoms with van der Waals surface area (Å²) in [6.45, 7) is 6.28. The van der Waals surface area contributed by atoms with Crippen molar-refractivity contribution in [2.45, 2.75) is 38.1 Å². The van der Waals surface area contributed by atoms with E-state index in [2.05, 4.69) is 41.1 Å². The summed E-state index contributed by atoms with van der Waals surface area (Å²) in [6, 6.07) is 20.3. The van der Waals surface area contributed by atoms with E-state index >= 15 is 0 Å². The number of pyridine rings is 1. The molecular weight excluding hydrogens is 394 g/mol. The van der Waals surface area contributed by atoms with Crippen molar-refractivity contribution in [3.8, 4) is 0 Å². The molecule has 1 aromatic heterocycles. The molecule has 30 heavy (non-hydrogen) atoms. The van der Waals surface area contributed by atoms with Gasteiger partial charge in [0.05, 0.1) is 11.3 Å². The molecule has 4 rings (SSSR count). The standard InChI is InChI=1S/C24H29N3O2S/c1-3-27(23-14-16-26(17-23)19(2)20-9-5-4-6-10-20)30(28,29)18-22-12-7-11-21-13-8-15-25-24(21)22/h4-13,15,19,23H,3,14,16-18H2,1-2H3. The maximum Gasteiger partial charge on any atom is 0.218 e. The molecule has 0 bridgehead atoms. The van der Waals surface area contributed by atoms with Gasteiger partial charge in [0.2, 0.25) is 10.0 Å². The highest BCUT2D eigenvalue weighted by Crippen LogP contribution is 2.29. The number of aromatic nitrogens is 1. The number of fused-ring (bicyclic) bond motifs is 1. The number of hydrogen-bond donors (Lipinski definition) is 0. The highest BCUT2D eigenvalue weighted by Gasteiger charge is 2.35. The van der Waals surface area contributed by atoms with Crippen molar-refractivity contribution in [3.63, 3.8) is 0 Å². The molecule has 2 unspecified atom stereocenters. The predicted octanol–water partition coefficient (Wildman–Crippen LogP) is 4.22. The molecule has 0 saturated carbocycles. The van der Waals surface area contributed by atoms with E-state index in [0.29, 0.717) is 6.54 Å². The third-order valence-corrected chi connectivity index (χ3v) is 8.10. The number of para-hydroxylation sites is 1. The zero-order valence-corrected chi connectivity index (χ0v) is 18.4. The van der Waals surface area contributed by atoms with E-state index < -0.39 is 10.0 Å². The quantitative estimate of drug-likeness (QED) is 0.571. The molecule has 0 N–H and O–H groups in total. The van der Waals surface area contributed by atoms with Crippen LogP contribution < -0.4 is 0 Å². The Morgan fingerprint density at radius 2 is 1.87 bits per heavy atom. The minimum Gasteiger partial charge on any atom is -0.295 e. The fourth-order valence-corrected chi connectivity index (χ4v) is 6.35. The first kappa shape index (κ1) is 21.0. The molecule has 2 aromatic carbocycles. The van der Waals surface area contributed by atoms with Crippen LogP contribution in [0.5, 0.6) is 0 Å². The highest BCUT2D eigenvalue weighted by atomic mass is 32.2. The minimum absolute atomic E-state index is 0.00842. The van der Waals surface area contributed by atoms with Crippen LogP contribution in [0, 0.1) is 0 Å². The van der Waals surface area contributed by atoms with Crippen LogP contribution in [0.15, 0.2) is 66.9 Å². The lowest BCUT2D eigenvalue weighted by atomic mass is 10.1. The average Bonchev–Trinajstić information content (AvgIpc) is 3.24. The third kappa shape index (κ3) is 4.26. The molecule has 1 fully saturated rings. The van der Waals surface area contributed by atoms with Crippen molar-refractivity contribution >= 4 is 20.9 Å². The summed E-state index contributed by atoms with van der Waals surface area (Å²) in [5, 5.41) is 0.969. The summed E-state index contributed by atoms with van der Waals surface area (Å²) in [4.78, 5) is 6.81. The molecule has 158 valence electrons. The van der Waals surface area contributed by atoms with Gasteiger partial charge < -0.3 is 0 Å². The lowest BCUT2D eigenvalue weighted by Gasteiger charge is -2.29. The van der Waals surface area contributed by atoms with Crippen LogP contribution in [0.25, 0.3) is 10.9 Å². The van der Waals surface area contributed by atoms with Crippen molar-refractivity contribution in [1.29, 1.82) is 0 Å².